The fourth-order valence-electron chi connectivity index (χ4n) is 9.24. The number of nitrogens with zero attached hydrogens (tertiary/aromatic N) is 4. The molecule has 0 radical (unpaired) electrons. The largest absolute Gasteiger partial charge is 0.457 e. The van der Waals surface area contributed by atoms with E-state index in [0.717, 1.165) is 72.6 Å². The summed E-state index contributed by atoms with van der Waals surface area (Å²) in [5.41, 5.74) is 4.04. The third kappa shape index (κ3) is 4.63. The van der Waals surface area contributed by atoms with Crippen molar-refractivity contribution < 1.29 is 9.47 Å². The molecule has 7 aromatic carbocycles. The van der Waals surface area contributed by atoms with Crippen molar-refractivity contribution in [3.05, 3.63) is 195 Å². The first-order valence-corrected chi connectivity index (χ1v) is 21.1. The van der Waals surface area contributed by atoms with Gasteiger partial charge in [-0.15, -0.1) is 0 Å². The number of hydrogen-bond donors (Lipinski definition) is 0. The summed E-state index contributed by atoms with van der Waals surface area (Å²) < 4.78 is 18.0. The van der Waals surface area contributed by atoms with E-state index >= 15 is 0 Å². The molecule has 0 N–H and O–H groups in total. The third-order valence-electron chi connectivity index (χ3n) is 11.6. The van der Waals surface area contributed by atoms with Gasteiger partial charge in [0.2, 0.25) is 0 Å². The molecule has 1 aliphatic rings. The monoisotopic (exact) mass is 748 g/mol. The molecule has 57 heavy (non-hydrogen) atoms. The van der Waals surface area contributed by atoms with Crippen LogP contribution in [0.2, 0.25) is 0 Å². The molecular formula is C50H32N4O2Si. The Labute approximate surface area is 328 Å². The van der Waals surface area contributed by atoms with Crippen LogP contribution in [0.1, 0.15) is 0 Å². The molecule has 12 rings (SSSR count). The van der Waals surface area contributed by atoms with Gasteiger partial charge in [0.1, 0.15) is 34.5 Å². The van der Waals surface area contributed by atoms with Crippen molar-refractivity contribution in [1.82, 2.24) is 18.9 Å². The highest BCUT2D eigenvalue weighted by Crippen LogP contribution is 2.40. The molecule has 4 aromatic heterocycles. The van der Waals surface area contributed by atoms with E-state index in [1.165, 1.54) is 26.1 Å². The summed E-state index contributed by atoms with van der Waals surface area (Å²) in [6.07, 6.45) is 5.71. The molecule has 0 aliphatic carbocycles. The number of pyridine rings is 2. The maximum absolute atomic E-state index is 6.93. The van der Waals surface area contributed by atoms with Crippen LogP contribution in [0, 0.1) is 0 Å². The van der Waals surface area contributed by atoms with Crippen LogP contribution < -0.4 is 30.2 Å². The second-order valence-electron chi connectivity index (χ2n) is 14.6. The Morgan fingerprint density at radius 1 is 0.456 bits per heavy atom. The minimum absolute atomic E-state index is 0.729. The minimum Gasteiger partial charge on any atom is -0.457 e. The van der Waals surface area contributed by atoms with Gasteiger partial charge in [-0.3, -0.25) is 8.97 Å². The number of para-hydroxylation sites is 2. The van der Waals surface area contributed by atoms with Gasteiger partial charge in [-0.1, -0.05) is 103 Å². The highest BCUT2D eigenvalue weighted by atomic mass is 28.3. The fourth-order valence-corrected chi connectivity index (χ4v) is 14.2. The van der Waals surface area contributed by atoms with Gasteiger partial charge < -0.3 is 9.47 Å². The van der Waals surface area contributed by atoms with E-state index in [-0.39, 0.29) is 0 Å². The lowest BCUT2D eigenvalue weighted by atomic mass is 10.1. The van der Waals surface area contributed by atoms with Crippen LogP contribution >= 0.6 is 0 Å². The van der Waals surface area contributed by atoms with Crippen LogP contribution in [-0.2, 0) is 0 Å². The molecule has 11 aromatic rings. The first-order valence-electron chi connectivity index (χ1n) is 19.1. The molecular weight excluding hydrogens is 717 g/mol. The standard InChI is InChI=1S/C50H32N4O2Si/c1-3-13-35(14-4-1)57(36-15-5-2-6-16-36)47-20-10-9-19-45(47)56-46-32-44-40(31-48(46)57)39-25-23-34(30-43(39)54(44)49-21-11-12-26-51-49)55-33-22-24-37-38-17-7-8-18-42(38)53-28-27-52-50(53)41(37)29-33/h1-32H. The van der Waals surface area contributed by atoms with E-state index < -0.39 is 8.07 Å². The molecule has 0 bridgehead atoms. The third-order valence-corrected chi connectivity index (χ3v) is 16.4. The quantitative estimate of drug-likeness (QED) is 0.130. The van der Waals surface area contributed by atoms with Crippen molar-refractivity contribution in [2.45, 2.75) is 0 Å². The SMILES string of the molecule is c1ccc([Si]2(c3ccccc3)c3ccccc3Oc3cc4c(cc32)c2ccc(Oc3ccc5c6ccccc6n6ccnc6c5c3)cc2n4-c2ccccn2)cc1. The lowest BCUT2D eigenvalue weighted by molar-refractivity contribution is 0.484. The molecule has 0 atom stereocenters. The van der Waals surface area contributed by atoms with Crippen molar-refractivity contribution in [2.24, 2.45) is 0 Å². The molecule has 5 heterocycles. The number of fused-ring (bicyclic) bond motifs is 11. The van der Waals surface area contributed by atoms with E-state index in [2.05, 4.69) is 167 Å². The molecule has 0 saturated heterocycles. The van der Waals surface area contributed by atoms with Crippen molar-refractivity contribution in [3.63, 3.8) is 0 Å². The van der Waals surface area contributed by atoms with Gasteiger partial charge in [-0.25, -0.2) is 9.97 Å². The molecule has 6 nitrogen and oxygen atoms in total. The topological polar surface area (TPSA) is 53.6 Å². The van der Waals surface area contributed by atoms with Gasteiger partial charge in [0.25, 0.3) is 0 Å². The van der Waals surface area contributed by atoms with Crippen LogP contribution in [0.3, 0.4) is 0 Å². The Bertz CT molecular complexity index is 3320. The summed E-state index contributed by atoms with van der Waals surface area (Å²) in [5, 5.41) is 10.7. The van der Waals surface area contributed by atoms with Crippen LogP contribution in [0.4, 0.5) is 0 Å². The number of imidazole rings is 1. The second kappa shape index (κ2) is 12.3. The number of benzene rings is 7. The Hall–Kier alpha value is -7.48. The van der Waals surface area contributed by atoms with Crippen molar-refractivity contribution >= 4 is 77.9 Å². The Morgan fingerprint density at radius 2 is 1.14 bits per heavy atom. The van der Waals surface area contributed by atoms with Crippen molar-refractivity contribution in [3.8, 4) is 28.8 Å². The average Bonchev–Trinajstić information content (AvgIpc) is 3.89. The van der Waals surface area contributed by atoms with Gasteiger partial charge in [0, 0.05) is 52.3 Å². The zero-order valence-corrected chi connectivity index (χ0v) is 31.6. The Kier molecular flexibility index (Phi) is 6.85. The predicted molar refractivity (Wildman–Crippen MR) is 233 cm³/mol. The fraction of sp³-hybridized carbons (Fsp3) is 0. The van der Waals surface area contributed by atoms with E-state index in [9.17, 15) is 0 Å². The van der Waals surface area contributed by atoms with Gasteiger partial charge in [-0.2, -0.15) is 0 Å². The maximum atomic E-state index is 6.93. The van der Waals surface area contributed by atoms with E-state index in [0.29, 0.717) is 0 Å². The number of hydrogen-bond acceptors (Lipinski definition) is 4. The maximum Gasteiger partial charge on any atom is 0.188 e. The number of aromatic nitrogens is 4. The van der Waals surface area contributed by atoms with Crippen LogP contribution in [-0.4, -0.2) is 27.0 Å². The molecule has 7 heteroatoms. The summed E-state index contributed by atoms with van der Waals surface area (Å²) in [6.45, 7) is 0. The van der Waals surface area contributed by atoms with Crippen LogP contribution in [0.25, 0.3) is 54.9 Å². The van der Waals surface area contributed by atoms with Crippen molar-refractivity contribution in [2.75, 3.05) is 0 Å². The smallest absolute Gasteiger partial charge is 0.188 e. The summed E-state index contributed by atoms with van der Waals surface area (Å²) in [5.74, 6) is 4.06. The lowest BCUT2D eigenvalue weighted by Crippen LogP contribution is -2.76. The van der Waals surface area contributed by atoms with E-state index in [4.69, 9.17) is 19.4 Å². The van der Waals surface area contributed by atoms with Gasteiger partial charge in [0.05, 0.1) is 16.6 Å². The van der Waals surface area contributed by atoms with E-state index in [1.807, 2.05) is 36.8 Å². The average molecular weight is 749 g/mol. The van der Waals surface area contributed by atoms with Crippen LogP contribution in [0.5, 0.6) is 23.0 Å². The first kappa shape index (κ1) is 31.8. The number of ether oxygens (including phenoxy) is 2. The Balaban J connectivity index is 1.09. The molecule has 268 valence electrons. The molecule has 0 unspecified atom stereocenters. The molecule has 0 saturated carbocycles. The Morgan fingerprint density at radius 3 is 1.95 bits per heavy atom. The van der Waals surface area contributed by atoms with E-state index in [1.54, 1.807) is 0 Å². The van der Waals surface area contributed by atoms with Crippen molar-refractivity contribution in [1.29, 1.82) is 0 Å². The summed E-state index contributed by atoms with van der Waals surface area (Å²) in [7, 11) is -2.85. The predicted octanol–water partition coefficient (Wildman–Crippen LogP) is 9.41. The summed E-state index contributed by atoms with van der Waals surface area (Å²) in [6, 6.07) is 62.4. The molecule has 1 aliphatic heterocycles. The second-order valence-corrected chi connectivity index (χ2v) is 18.3. The number of rotatable bonds is 5. The molecule has 0 spiro atoms. The summed E-state index contributed by atoms with van der Waals surface area (Å²) >= 11 is 0. The minimum atomic E-state index is -2.85. The zero-order valence-electron chi connectivity index (χ0n) is 30.6. The highest BCUT2D eigenvalue weighted by molar-refractivity contribution is 7.20. The van der Waals surface area contributed by atoms with Gasteiger partial charge in [-0.05, 0) is 86.8 Å². The normalized spacial score (nSPS) is 13.2. The van der Waals surface area contributed by atoms with Crippen LogP contribution in [0.15, 0.2) is 195 Å². The first-order chi connectivity index (χ1) is 28.3. The lowest BCUT2D eigenvalue weighted by Gasteiger charge is -2.39. The molecule has 0 amide bonds. The zero-order chi connectivity index (χ0) is 37.5. The highest BCUT2D eigenvalue weighted by Gasteiger charge is 2.48. The van der Waals surface area contributed by atoms with Gasteiger partial charge >= 0.3 is 0 Å². The molecule has 0 fully saturated rings. The van der Waals surface area contributed by atoms with Gasteiger partial charge in [0.15, 0.2) is 8.07 Å². The summed E-state index contributed by atoms with van der Waals surface area (Å²) in [4.78, 5) is 9.61.